The summed E-state index contributed by atoms with van der Waals surface area (Å²) in [4.78, 5) is 14.7. The Morgan fingerprint density at radius 3 is 2.23 bits per heavy atom. The standard InChI is InChI=1S/C19H29FN2O3S/c1-6-21(7-2)26(24,25)16-10-11-18(20)17(12-16)19(23)22(15-8-9-15)14(5)13(3)4/h10-15H,6-9H2,1-5H3. The van der Waals surface area contributed by atoms with Crippen molar-refractivity contribution in [2.75, 3.05) is 13.1 Å². The Kier molecular flexibility index (Phi) is 6.45. The number of benzene rings is 1. The van der Waals surface area contributed by atoms with E-state index in [1.54, 1.807) is 18.7 Å². The fourth-order valence-corrected chi connectivity index (χ4v) is 4.52. The zero-order chi connectivity index (χ0) is 19.6. The van der Waals surface area contributed by atoms with Crippen LogP contribution < -0.4 is 0 Å². The first-order chi connectivity index (χ1) is 12.1. The molecular formula is C19H29FN2O3S. The first-order valence-electron chi connectivity index (χ1n) is 9.27. The summed E-state index contributed by atoms with van der Waals surface area (Å²) < 4.78 is 41.2. The number of hydrogen-bond acceptors (Lipinski definition) is 3. The molecule has 1 fully saturated rings. The molecule has 2 rings (SSSR count). The summed E-state index contributed by atoms with van der Waals surface area (Å²) in [6.45, 7) is 10.1. The van der Waals surface area contributed by atoms with Gasteiger partial charge in [-0.2, -0.15) is 4.31 Å². The molecule has 1 aromatic rings. The van der Waals surface area contributed by atoms with Crippen molar-refractivity contribution in [3.05, 3.63) is 29.6 Å². The van der Waals surface area contributed by atoms with Gasteiger partial charge in [0.05, 0.1) is 10.5 Å². The number of carbonyl (C=O) groups is 1. The lowest BCUT2D eigenvalue weighted by atomic mass is 10.0. The Balaban J connectivity index is 2.45. The molecule has 7 heteroatoms. The summed E-state index contributed by atoms with van der Waals surface area (Å²) in [5.41, 5.74) is -0.169. The Bertz CT molecular complexity index is 756. The lowest BCUT2D eigenvalue weighted by Crippen LogP contribution is -2.43. The van der Waals surface area contributed by atoms with Crippen molar-refractivity contribution in [1.29, 1.82) is 0 Å². The molecule has 0 heterocycles. The largest absolute Gasteiger partial charge is 0.333 e. The predicted octanol–water partition coefficient (Wildman–Crippen LogP) is 3.51. The average Bonchev–Trinajstić information content (AvgIpc) is 3.40. The number of rotatable bonds is 8. The topological polar surface area (TPSA) is 57.7 Å². The van der Waals surface area contributed by atoms with Crippen molar-refractivity contribution in [3.63, 3.8) is 0 Å². The van der Waals surface area contributed by atoms with E-state index < -0.39 is 21.7 Å². The average molecular weight is 385 g/mol. The number of nitrogens with zero attached hydrogens (tertiary/aromatic N) is 2. The van der Waals surface area contributed by atoms with Gasteiger partial charge in [0.15, 0.2) is 0 Å². The quantitative estimate of drug-likeness (QED) is 0.689. The van der Waals surface area contributed by atoms with Crippen molar-refractivity contribution < 1.29 is 17.6 Å². The van der Waals surface area contributed by atoms with Crippen molar-refractivity contribution in [3.8, 4) is 0 Å². The van der Waals surface area contributed by atoms with Gasteiger partial charge in [0.2, 0.25) is 10.0 Å². The molecule has 1 aromatic carbocycles. The highest BCUT2D eigenvalue weighted by Gasteiger charge is 2.38. The molecule has 1 atom stereocenters. The van der Waals surface area contributed by atoms with Crippen molar-refractivity contribution in [2.45, 2.75) is 64.4 Å². The molecule has 0 saturated heterocycles. The Labute approximate surface area is 156 Å². The van der Waals surface area contributed by atoms with Gasteiger partial charge < -0.3 is 4.90 Å². The highest BCUT2D eigenvalue weighted by Crippen LogP contribution is 2.33. The van der Waals surface area contributed by atoms with Crippen LogP contribution in [0, 0.1) is 11.7 Å². The van der Waals surface area contributed by atoms with E-state index in [9.17, 15) is 17.6 Å². The normalized spacial score (nSPS) is 16.2. The van der Waals surface area contributed by atoms with Crippen LogP contribution in [0.25, 0.3) is 0 Å². The minimum atomic E-state index is -3.74. The van der Waals surface area contributed by atoms with Crippen LogP contribution in [-0.2, 0) is 10.0 Å². The van der Waals surface area contributed by atoms with E-state index in [1.165, 1.54) is 16.4 Å². The third kappa shape index (κ3) is 4.09. The summed E-state index contributed by atoms with van der Waals surface area (Å²) >= 11 is 0. The molecule has 0 radical (unpaired) electrons. The molecular weight excluding hydrogens is 355 g/mol. The maximum Gasteiger partial charge on any atom is 0.257 e. The summed E-state index contributed by atoms with van der Waals surface area (Å²) in [7, 11) is -3.74. The van der Waals surface area contributed by atoms with E-state index in [0.29, 0.717) is 13.1 Å². The van der Waals surface area contributed by atoms with E-state index >= 15 is 0 Å². The van der Waals surface area contributed by atoms with Gasteiger partial charge in [-0.25, -0.2) is 12.8 Å². The van der Waals surface area contributed by atoms with Gasteiger partial charge in [-0.1, -0.05) is 27.7 Å². The fraction of sp³-hybridized carbons (Fsp3) is 0.632. The Hall–Kier alpha value is -1.47. The molecule has 0 bridgehead atoms. The molecule has 5 nitrogen and oxygen atoms in total. The smallest absolute Gasteiger partial charge is 0.257 e. The highest BCUT2D eigenvalue weighted by atomic mass is 32.2. The second-order valence-electron chi connectivity index (χ2n) is 7.16. The van der Waals surface area contributed by atoms with Crippen LogP contribution in [0.2, 0.25) is 0 Å². The van der Waals surface area contributed by atoms with Gasteiger partial charge in [-0.15, -0.1) is 0 Å². The van der Waals surface area contributed by atoms with Crippen molar-refractivity contribution in [1.82, 2.24) is 9.21 Å². The Morgan fingerprint density at radius 1 is 1.19 bits per heavy atom. The van der Waals surface area contributed by atoms with Crippen LogP contribution in [0.5, 0.6) is 0 Å². The second-order valence-corrected chi connectivity index (χ2v) is 9.10. The fourth-order valence-electron chi connectivity index (χ4n) is 3.04. The lowest BCUT2D eigenvalue weighted by Gasteiger charge is -2.32. The molecule has 1 aliphatic rings. The van der Waals surface area contributed by atoms with E-state index in [4.69, 9.17) is 0 Å². The number of carbonyl (C=O) groups excluding carboxylic acids is 1. The van der Waals surface area contributed by atoms with Gasteiger partial charge in [-0.3, -0.25) is 4.79 Å². The molecule has 0 N–H and O–H groups in total. The molecule has 1 aliphatic carbocycles. The van der Waals surface area contributed by atoms with E-state index in [0.717, 1.165) is 18.9 Å². The third-order valence-electron chi connectivity index (χ3n) is 5.09. The van der Waals surface area contributed by atoms with Gasteiger partial charge >= 0.3 is 0 Å². The van der Waals surface area contributed by atoms with Gasteiger partial charge in [-0.05, 0) is 43.9 Å². The zero-order valence-corrected chi connectivity index (χ0v) is 17.0. The van der Waals surface area contributed by atoms with Crippen LogP contribution in [0.3, 0.4) is 0 Å². The maximum absolute atomic E-state index is 14.4. The van der Waals surface area contributed by atoms with E-state index in [-0.39, 0.29) is 28.5 Å². The van der Waals surface area contributed by atoms with Gasteiger partial charge in [0, 0.05) is 25.2 Å². The monoisotopic (exact) mass is 384 g/mol. The number of sulfonamides is 1. The maximum atomic E-state index is 14.4. The Morgan fingerprint density at radius 2 is 1.77 bits per heavy atom. The summed E-state index contributed by atoms with van der Waals surface area (Å²) in [5.74, 6) is -0.886. The summed E-state index contributed by atoms with van der Waals surface area (Å²) in [5, 5.41) is 0. The number of hydrogen-bond donors (Lipinski definition) is 0. The second kappa shape index (κ2) is 8.05. The van der Waals surface area contributed by atoms with Gasteiger partial charge in [0.1, 0.15) is 5.82 Å². The number of amides is 1. The molecule has 1 saturated carbocycles. The van der Waals surface area contributed by atoms with Crippen molar-refractivity contribution >= 4 is 15.9 Å². The minimum absolute atomic E-state index is 0.0427. The highest BCUT2D eigenvalue weighted by molar-refractivity contribution is 7.89. The van der Waals surface area contributed by atoms with E-state index in [2.05, 4.69) is 0 Å². The predicted molar refractivity (Wildman–Crippen MR) is 100.0 cm³/mol. The number of halogens is 1. The van der Waals surface area contributed by atoms with Crippen molar-refractivity contribution in [2.24, 2.45) is 5.92 Å². The van der Waals surface area contributed by atoms with Crippen LogP contribution >= 0.6 is 0 Å². The molecule has 0 spiro atoms. The lowest BCUT2D eigenvalue weighted by molar-refractivity contribution is 0.0622. The molecule has 0 aliphatic heterocycles. The van der Waals surface area contributed by atoms with Crippen LogP contribution in [-0.4, -0.2) is 48.7 Å². The molecule has 0 aromatic heterocycles. The SMILES string of the molecule is CCN(CC)S(=O)(=O)c1ccc(F)c(C(=O)N(C2CC2)C(C)C(C)C)c1. The third-order valence-corrected chi connectivity index (χ3v) is 7.14. The van der Waals surface area contributed by atoms with Crippen LogP contribution in [0.4, 0.5) is 4.39 Å². The van der Waals surface area contributed by atoms with Gasteiger partial charge in [0.25, 0.3) is 5.91 Å². The van der Waals surface area contributed by atoms with Crippen LogP contribution in [0.15, 0.2) is 23.1 Å². The minimum Gasteiger partial charge on any atom is -0.333 e. The summed E-state index contributed by atoms with van der Waals surface area (Å²) in [6.07, 6.45) is 1.81. The molecule has 1 unspecified atom stereocenters. The molecule has 1 amide bonds. The molecule has 146 valence electrons. The first kappa shape index (κ1) is 20.8. The van der Waals surface area contributed by atoms with Crippen LogP contribution in [0.1, 0.15) is 57.8 Å². The summed E-state index contributed by atoms with van der Waals surface area (Å²) in [6, 6.07) is 3.56. The zero-order valence-electron chi connectivity index (χ0n) is 16.2. The molecule has 26 heavy (non-hydrogen) atoms. The first-order valence-corrected chi connectivity index (χ1v) is 10.7. The van der Waals surface area contributed by atoms with E-state index in [1.807, 2.05) is 20.8 Å².